The maximum Gasteiger partial charge on any atom is 0.290 e. The highest BCUT2D eigenvalue weighted by Gasteiger charge is 2.42. The molecule has 0 saturated heterocycles. The summed E-state index contributed by atoms with van der Waals surface area (Å²) in [5, 5.41) is 0.828. The molecule has 4 rings (SSSR count). The molecule has 1 aliphatic heterocycles. The van der Waals surface area contributed by atoms with E-state index in [1.54, 1.807) is 23.1 Å². The SMILES string of the molecule is CCOc1ccc(C2c3c(oc4ccc(Cl)cc4c3=O)C(=O)N2CCCN(C)C)cc1. The van der Waals surface area contributed by atoms with Crippen LogP contribution in [-0.4, -0.2) is 49.5 Å². The normalized spacial score (nSPS) is 15.7. The third kappa shape index (κ3) is 4.05. The van der Waals surface area contributed by atoms with E-state index >= 15 is 0 Å². The van der Waals surface area contributed by atoms with Crippen molar-refractivity contribution in [2.24, 2.45) is 0 Å². The van der Waals surface area contributed by atoms with Gasteiger partial charge in [0.15, 0.2) is 5.43 Å². The molecule has 3 aromatic rings. The van der Waals surface area contributed by atoms with Crippen LogP contribution in [0.4, 0.5) is 0 Å². The highest BCUT2D eigenvalue weighted by molar-refractivity contribution is 6.31. The number of carbonyl (C=O) groups excluding carboxylic acids is 1. The largest absolute Gasteiger partial charge is 0.494 e. The molecule has 0 fully saturated rings. The summed E-state index contributed by atoms with van der Waals surface area (Å²) in [7, 11) is 3.98. The molecule has 6 nitrogen and oxygen atoms in total. The van der Waals surface area contributed by atoms with Crippen molar-refractivity contribution >= 4 is 28.5 Å². The number of ether oxygens (including phenoxy) is 1. The van der Waals surface area contributed by atoms with Gasteiger partial charge in [0, 0.05) is 11.6 Å². The van der Waals surface area contributed by atoms with Gasteiger partial charge in [-0.2, -0.15) is 0 Å². The van der Waals surface area contributed by atoms with Crippen LogP contribution in [0, 0.1) is 0 Å². The summed E-state index contributed by atoms with van der Waals surface area (Å²) in [5.41, 5.74) is 1.35. The zero-order valence-electron chi connectivity index (χ0n) is 17.9. The molecule has 162 valence electrons. The average Bonchev–Trinajstić information content (AvgIpc) is 3.02. The summed E-state index contributed by atoms with van der Waals surface area (Å²) in [6, 6.07) is 11.9. The van der Waals surface area contributed by atoms with Crippen molar-refractivity contribution in [3.63, 3.8) is 0 Å². The molecule has 1 amide bonds. The van der Waals surface area contributed by atoms with Crippen LogP contribution >= 0.6 is 11.6 Å². The van der Waals surface area contributed by atoms with Gasteiger partial charge in [0.05, 0.1) is 23.6 Å². The first-order chi connectivity index (χ1) is 14.9. The Bertz CT molecular complexity index is 1170. The second kappa shape index (κ2) is 8.73. The van der Waals surface area contributed by atoms with E-state index in [-0.39, 0.29) is 17.1 Å². The van der Waals surface area contributed by atoms with Gasteiger partial charge in [-0.25, -0.2) is 0 Å². The fraction of sp³-hybridized carbons (Fsp3) is 0.333. The van der Waals surface area contributed by atoms with Gasteiger partial charge in [-0.3, -0.25) is 9.59 Å². The van der Waals surface area contributed by atoms with Gasteiger partial charge in [0.2, 0.25) is 5.76 Å². The molecular weight excluding hydrogens is 416 g/mol. The molecule has 1 atom stereocenters. The number of nitrogens with zero attached hydrogens (tertiary/aromatic N) is 2. The highest BCUT2D eigenvalue weighted by atomic mass is 35.5. The Labute approximate surface area is 186 Å². The molecule has 31 heavy (non-hydrogen) atoms. The van der Waals surface area contributed by atoms with Gasteiger partial charge >= 0.3 is 0 Å². The molecule has 1 unspecified atom stereocenters. The summed E-state index contributed by atoms with van der Waals surface area (Å²) in [5.74, 6) is 0.595. The lowest BCUT2D eigenvalue weighted by Gasteiger charge is -2.26. The van der Waals surface area contributed by atoms with Crippen molar-refractivity contribution in [2.75, 3.05) is 33.8 Å². The van der Waals surface area contributed by atoms with Crippen LogP contribution in [0.5, 0.6) is 5.75 Å². The number of hydrogen-bond acceptors (Lipinski definition) is 5. The molecule has 1 aromatic heterocycles. The fourth-order valence-electron chi connectivity index (χ4n) is 4.04. The molecule has 0 aliphatic carbocycles. The van der Waals surface area contributed by atoms with E-state index in [1.165, 1.54) is 0 Å². The second-order valence-corrected chi connectivity index (χ2v) is 8.31. The molecule has 0 spiro atoms. The standard InChI is InChI=1S/C24H25ClN2O4/c1-4-30-17-9-6-15(7-10-17)21-20-22(28)18-14-16(25)8-11-19(18)31-23(20)24(29)27(21)13-5-12-26(2)3/h6-11,14,21H,4-5,12-13H2,1-3H3. The zero-order valence-corrected chi connectivity index (χ0v) is 18.6. The predicted molar refractivity (Wildman–Crippen MR) is 121 cm³/mol. The maximum absolute atomic E-state index is 13.5. The van der Waals surface area contributed by atoms with Gasteiger partial charge in [-0.15, -0.1) is 0 Å². The van der Waals surface area contributed by atoms with E-state index in [4.69, 9.17) is 20.8 Å². The van der Waals surface area contributed by atoms with Crippen molar-refractivity contribution in [3.8, 4) is 5.75 Å². The first-order valence-electron chi connectivity index (χ1n) is 10.4. The van der Waals surface area contributed by atoms with Crippen molar-refractivity contribution in [3.05, 3.63) is 74.6 Å². The molecule has 0 bridgehead atoms. The molecule has 1 aliphatic rings. The third-order valence-corrected chi connectivity index (χ3v) is 5.67. The van der Waals surface area contributed by atoms with Crippen LogP contribution in [0.25, 0.3) is 11.0 Å². The van der Waals surface area contributed by atoms with Crippen molar-refractivity contribution in [1.82, 2.24) is 9.80 Å². The Morgan fingerprint density at radius 2 is 1.87 bits per heavy atom. The maximum atomic E-state index is 13.5. The van der Waals surface area contributed by atoms with Crippen LogP contribution in [0.3, 0.4) is 0 Å². The molecule has 2 aromatic carbocycles. The minimum atomic E-state index is -0.514. The Hall–Kier alpha value is -2.83. The quantitative estimate of drug-likeness (QED) is 0.546. The van der Waals surface area contributed by atoms with Crippen LogP contribution in [-0.2, 0) is 0 Å². The number of carbonyl (C=O) groups is 1. The summed E-state index contributed by atoms with van der Waals surface area (Å²) >= 11 is 6.12. The molecule has 0 radical (unpaired) electrons. The van der Waals surface area contributed by atoms with Crippen LogP contribution in [0.2, 0.25) is 5.02 Å². The Morgan fingerprint density at radius 3 is 2.55 bits per heavy atom. The number of hydrogen-bond donors (Lipinski definition) is 0. The lowest BCUT2D eigenvalue weighted by molar-refractivity contribution is 0.0722. The minimum absolute atomic E-state index is 0.114. The van der Waals surface area contributed by atoms with E-state index in [2.05, 4.69) is 4.90 Å². The van der Waals surface area contributed by atoms with Crippen LogP contribution in [0.1, 0.15) is 41.1 Å². The molecule has 7 heteroatoms. The van der Waals surface area contributed by atoms with E-state index < -0.39 is 6.04 Å². The number of rotatable bonds is 7. The monoisotopic (exact) mass is 440 g/mol. The van der Waals surface area contributed by atoms with Crippen molar-refractivity contribution in [1.29, 1.82) is 0 Å². The lowest BCUT2D eigenvalue weighted by atomic mass is 9.98. The molecule has 0 N–H and O–H groups in total. The van der Waals surface area contributed by atoms with Gasteiger partial charge in [0.1, 0.15) is 11.3 Å². The minimum Gasteiger partial charge on any atom is -0.494 e. The van der Waals surface area contributed by atoms with E-state index in [0.717, 1.165) is 24.3 Å². The lowest BCUT2D eigenvalue weighted by Crippen LogP contribution is -2.32. The predicted octanol–water partition coefficient (Wildman–Crippen LogP) is 4.34. The van der Waals surface area contributed by atoms with Crippen molar-refractivity contribution < 1.29 is 13.9 Å². The Kier molecular flexibility index (Phi) is 6.03. The Morgan fingerprint density at radius 1 is 1.13 bits per heavy atom. The third-order valence-electron chi connectivity index (χ3n) is 5.44. The van der Waals surface area contributed by atoms with Crippen LogP contribution < -0.4 is 10.2 Å². The summed E-state index contributed by atoms with van der Waals surface area (Å²) < 4.78 is 11.5. The first-order valence-corrected chi connectivity index (χ1v) is 10.7. The smallest absolute Gasteiger partial charge is 0.290 e. The number of fused-ring (bicyclic) bond motifs is 2. The zero-order chi connectivity index (χ0) is 22.1. The number of benzene rings is 2. The van der Waals surface area contributed by atoms with Gasteiger partial charge < -0.3 is 19.0 Å². The topological polar surface area (TPSA) is 63.0 Å². The van der Waals surface area contributed by atoms with Gasteiger partial charge in [-0.05, 0) is 69.9 Å². The molecule has 2 heterocycles. The van der Waals surface area contributed by atoms with E-state index in [9.17, 15) is 9.59 Å². The molecular formula is C24H25ClN2O4. The summed E-state index contributed by atoms with van der Waals surface area (Å²) in [6.45, 7) is 3.83. The second-order valence-electron chi connectivity index (χ2n) is 7.87. The highest BCUT2D eigenvalue weighted by Crippen LogP contribution is 2.38. The summed E-state index contributed by atoms with van der Waals surface area (Å²) in [4.78, 5) is 30.6. The molecule has 0 saturated carbocycles. The van der Waals surface area contributed by atoms with Crippen LogP contribution in [0.15, 0.2) is 51.7 Å². The number of amides is 1. The fourth-order valence-corrected chi connectivity index (χ4v) is 4.21. The van der Waals surface area contributed by atoms with Crippen molar-refractivity contribution in [2.45, 2.75) is 19.4 Å². The number of halogens is 1. The van der Waals surface area contributed by atoms with E-state index in [1.807, 2.05) is 45.3 Å². The Balaban J connectivity index is 1.84. The average molecular weight is 441 g/mol. The van der Waals surface area contributed by atoms with E-state index in [0.29, 0.717) is 34.7 Å². The van der Waals surface area contributed by atoms with Gasteiger partial charge in [-0.1, -0.05) is 23.7 Å². The first kappa shape index (κ1) is 21.4. The van der Waals surface area contributed by atoms with Gasteiger partial charge in [0.25, 0.3) is 5.91 Å². The summed E-state index contributed by atoms with van der Waals surface area (Å²) in [6.07, 6.45) is 0.778.